The number of ether oxygens (including phenoxy) is 1. The van der Waals surface area contributed by atoms with E-state index < -0.39 is 38.7 Å². The van der Waals surface area contributed by atoms with Gasteiger partial charge in [-0.05, 0) is 75.1 Å². The molecule has 0 unspecified atom stereocenters. The smallest absolute Gasteiger partial charge is 0.353 e. The van der Waals surface area contributed by atoms with Gasteiger partial charge in [0, 0.05) is 18.2 Å². The quantitative estimate of drug-likeness (QED) is 0.212. The highest BCUT2D eigenvalue weighted by atomic mass is 32.2. The molecule has 0 bridgehead atoms. The van der Waals surface area contributed by atoms with Gasteiger partial charge in [0.2, 0.25) is 5.88 Å². The van der Waals surface area contributed by atoms with Crippen LogP contribution in [0.25, 0.3) is 0 Å². The molecule has 0 saturated carbocycles. The Morgan fingerprint density at radius 3 is 1.98 bits per heavy atom. The van der Waals surface area contributed by atoms with Gasteiger partial charge in [-0.15, -0.1) is 0 Å². The van der Waals surface area contributed by atoms with Gasteiger partial charge in [0.1, 0.15) is 17.2 Å². The van der Waals surface area contributed by atoms with Crippen LogP contribution in [0.2, 0.25) is 36.3 Å². The van der Waals surface area contributed by atoms with Crippen molar-refractivity contribution < 1.29 is 26.2 Å². The van der Waals surface area contributed by atoms with Crippen LogP contribution in [-0.4, -0.2) is 53.4 Å². The molecule has 12 heteroatoms. The van der Waals surface area contributed by atoms with E-state index in [-0.39, 0.29) is 33.1 Å². The van der Waals surface area contributed by atoms with Crippen LogP contribution >= 0.6 is 0 Å². The Hall–Kier alpha value is -1.84. The number of benzene rings is 1. The fourth-order valence-electron chi connectivity index (χ4n) is 4.76. The first-order valence-corrected chi connectivity index (χ1v) is 22.2. The molecule has 0 N–H and O–H groups in total. The van der Waals surface area contributed by atoms with E-state index in [2.05, 4.69) is 72.7 Å². The first-order valence-electron chi connectivity index (χ1n) is 15.0. The molecule has 0 radical (unpaired) electrons. The lowest BCUT2D eigenvalue weighted by atomic mass is 10.1. The average molecular weight is 653 g/mol. The van der Waals surface area contributed by atoms with Crippen molar-refractivity contribution in [2.75, 3.05) is 6.61 Å². The van der Waals surface area contributed by atoms with Crippen molar-refractivity contribution in [2.45, 2.75) is 135 Å². The van der Waals surface area contributed by atoms with Gasteiger partial charge in [0.25, 0.3) is 0 Å². The Morgan fingerprint density at radius 2 is 1.47 bits per heavy atom. The van der Waals surface area contributed by atoms with E-state index in [1.807, 2.05) is 6.92 Å². The molecule has 1 saturated heterocycles. The molecule has 9 nitrogen and oxygen atoms in total. The molecule has 43 heavy (non-hydrogen) atoms. The number of hydrogen-bond donors (Lipinski definition) is 0. The summed E-state index contributed by atoms with van der Waals surface area (Å²) in [4.78, 5) is 17.5. The minimum atomic E-state index is -4.22. The number of hydrogen-bond acceptors (Lipinski definition) is 8. The summed E-state index contributed by atoms with van der Waals surface area (Å²) in [5, 5.41) is 0.0220. The number of nitrogens with zero attached hydrogens (tertiary/aromatic N) is 2. The lowest BCUT2D eigenvalue weighted by Gasteiger charge is -2.40. The van der Waals surface area contributed by atoms with Crippen molar-refractivity contribution in [3.63, 3.8) is 0 Å². The van der Waals surface area contributed by atoms with E-state index in [0.717, 1.165) is 5.56 Å². The van der Waals surface area contributed by atoms with Crippen LogP contribution in [0.4, 0.5) is 0 Å². The van der Waals surface area contributed by atoms with E-state index in [1.54, 1.807) is 39.1 Å². The van der Waals surface area contributed by atoms with Gasteiger partial charge < -0.3 is 17.8 Å². The lowest BCUT2D eigenvalue weighted by molar-refractivity contribution is -0.0413. The number of rotatable bonds is 9. The van der Waals surface area contributed by atoms with Crippen LogP contribution in [0.5, 0.6) is 5.88 Å². The zero-order chi connectivity index (χ0) is 32.9. The number of aryl methyl sites for hydroxylation is 4. The average Bonchev–Trinajstić information content (AvgIpc) is 3.19. The third-order valence-corrected chi connectivity index (χ3v) is 19.8. The molecule has 3 atom stereocenters. The van der Waals surface area contributed by atoms with E-state index in [1.165, 1.54) is 4.57 Å². The van der Waals surface area contributed by atoms with Gasteiger partial charge in [0.15, 0.2) is 16.6 Å². The molecule has 2 heterocycles. The van der Waals surface area contributed by atoms with Gasteiger partial charge in [-0.2, -0.15) is 13.4 Å². The second-order valence-electron chi connectivity index (χ2n) is 15.0. The van der Waals surface area contributed by atoms with Gasteiger partial charge >= 0.3 is 15.8 Å². The highest BCUT2D eigenvalue weighted by Gasteiger charge is 2.47. The molecule has 1 aromatic carbocycles. The van der Waals surface area contributed by atoms with Crippen LogP contribution in [0.3, 0.4) is 0 Å². The maximum atomic E-state index is 13.3. The fourth-order valence-corrected chi connectivity index (χ4v) is 8.50. The lowest BCUT2D eigenvalue weighted by Crippen LogP contribution is -2.48. The van der Waals surface area contributed by atoms with Crippen molar-refractivity contribution in [3.8, 4) is 5.88 Å². The van der Waals surface area contributed by atoms with Crippen molar-refractivity contribution in [1.82, 2.24) is 9.55 Å². The first-order chi connectivity index (χ1) is 19.4. The van der Waals surface area contributed by atoms with Crippen molar-refractivity contribution in [2.24, 2.45) is 0 Å². The van der Waals surface area contributed by atoms with E-state index in [4.69, 9.17) is 17.8 Å². The Kier molecular flexibility index (Phi) is 10.1. The fraction of sp³-hybridized carbons (Fsp3) is 0.677. The summed E-state index contributed by atoms with van der Waals surface area (Å²) < 4.78 is 53.2. The molecule has 0 spiro atoms. The molecule has 242 valence electrons. The zero-order valence-electron chi connectivity index (χ0n) is 28.5. The van der Waals surface area contributed by atoms with Crippen LogP contribution in [-0.2, 0) is 23.7 Å². The van der Waals surface area contributed by atoms with E-state index in [9.17, 15) is 13.2 Å². The highest BCUT2D eigenvalue weighted by molar-refractivity contribution is 7.87. The van der Waals surface area contributed by atoms with Crippen LogP contribution < -0.4 is 9.87 Å². The largest absolute Gasteiger partial charge is 0.414 e. The number of aromatic nitrogens is 2. The SMILES string of the molecule is Cc1cc(C)c(S(=O)(=O)Oc2nc(=O)n([C@H]3C[C@H](O[Si](C)(C)C(C)(C)C)[C@@H](CO[Si](C)(C)C(C)(C)C)O3)cc2C)c(C)c1. The minimum Gasteiger partial charge on any atom is -0.414 e. The second-order valence-corrected chi connectivity index (χ2v) is 26.1. The van der Waals surface area contributed by atoms with Crippen molar-refractivity contribution in [1.29, 1.82) is 0 Å². The summed E-state index contributed by atoms with van der Waals surface area (Å²) in [5.41, 5.74) is 1.83. The third kappa shape index (κ3) is 7.88. The maximum Gasteiger partial charge on any atom is 0.353 e. The molecule has 3 rings (SSSR count). The minimum absolute atomic E-state index is 0.0104. The molecule has 1 aliphatic rings. The summed E-state index contributed by atoms with van der Waals surface area (Å²) >= 11 is 0. The van der Waals surface area contributed by atoms with Gasteiger partial charge in [0.05, 0.1) is 12.7 Å². The van der Waals surface area contributed by atoms with Gasteiger partial charge in [-0.1, -0.05) is 59.2 Å². The third-order valence-electron chi connectivity index (χ3n) is 9.29. The zero-order valence-corrected chi connectivity index (χ0v) is 31.4. The second kappa shape index (κ2) is 12.2. The van der Waals surface area contributed by atoms with E-state index >= 15 is 0 Å². The van der Waals surface area contributed by atoms with E-state index in [0.29, 0.717) is 29.7 Å². The topological polar surface area (TPSA) is 106 Å². The summed E-state index contributed by atoms with van der Waals surface area (Å²) in [7, 11) is -8.46. The Balaban J connectivity index is 1.92. The van der Waals surface area contributed by atoms with Crippen molar-refractivity contribution in [3.05, 3.63) is 51.1 Å². The Labute approximate surface area is 260 Å². The summed E-state index contributed by atoms with van der Waals surface area (Å²) in [6, 6.07) is 3.57. The molecule has 0 amide bonds. The Bertz CT molecular complexity index is 1480. The molecule has 1 aromatic heterocycles. The molecule has 0 aliphatic carbocycles. The molecule has 1 fully saturated rings. The predicted octanol–water partition coefficient (Wildman–Crippen LogP) is 6.94. The summed E-state index contributed by atoms with van der Waals surface area (Å²) in [6.07, 6.45) is 0.712. The predicted molar refractivity (Wildman–Crippen MR) is 175 cm³/mol. The Morgan fingerprint density at radius 1 is 0.930 bits per heavy atom. The summed E-state index contributed by atoms with van der Waals surface area (Å²) in [6.45, 7) is 29.3. The maximum absolute atomic E-state index is 13.3. The van der Waals surface area contributed by atoms with Gasteiger partial charge in [-0.3, -0.25) is 4.57 Å². The van der Waals surface area contributed by atoms with Gasteiger partial charge in [-0.25, -0.2) is 4.79 Å². The molecule has 1 aliphatic heterocycles. The highest BCUT2D eigenvalue weighted by Crippen LogP contribution is 2.42. The standard InChI is InChI=1S/C31H52N2O7SSi2/c1-20-15-21(2)27(22(3)16-20)41(35,36)39-28-23(4)18-33(29(34)32-28)26-17-24(40-43(13,14)31(8,9)10)25(38-26)19-37-42(11,12)30(5,6)7/h15-16,18,24-26H,17,19H2,1-14H3/t24-,25+,26+/m0/s1. The summed E-state index contributed by atoms with van der Waals surface area (Å²) in [5.74, 6) is -0.245. The first kappa shape index (κ1) is 35.6. The molecule has 2 aromatic rings. The van der Waals surface area contributed by atoms with Crippen LogP contribution in [0, 0.1) is 27.7 Å². The van der Waals surface area contributed by atoms with Crippen LogP contribution in [0.15, 0.2) is 28.0 Å². The van der Waals surface area contributed by atoms with Crippen molar-refractivity contribution >= 4 is 26.8 Å². The van der Waals surface area contributed by atoms with Crippen LogP contribution in [0.1, 0.15) is 76.4 Å². The monoisotopic (exact) mass is 652 g/mol. The normalized spacial score (nSPS) is 20.5. The molecular formula is C31H52N2O7SSi2. The molecular weight excluding hydrogens is 601 g/mol.